The average molecular weight is 466 g/mol. The number of pyridine rings is 1. The molecule has 35 heavy (non-hydrogen) atoms. The van der Waals surface area contributed by atoms with Crippen LogP contribution in [0, 0.1) is 0 Å². The van der Waals surface area contributed by atoms with E-state index in [1.807, 2.05) is 60.7 Å². The van der Waals surface area contributed by atoms with Gasteiger partial charge in [-0.2, -0.15) is 5.10 Å². The summed E-state index contributed by atoms with van der Waals surface area (Å²) in [6.45, 7) is 1.40. The molecule has 3 aromatic heterocycles. The van der Waals surface area contributed by atoms with E-state index in [1.54, 1.807) is 17.1 Å². The van der Waals surface area contributed by atoms with Crippen molar-refractivity contribution in [2.24, 2.45) is 0 Å². The maximum Gasteiger partial charge on any atom is 0.256 e. The lowest BCUT2D eigenvalue weighted by molar-refractivity contribution is 0.102. The van der Waals surface area contributed by atoms with Gasteiger partial charge in [-0.05, 0) is 56.4 Å². The molecule has 5 rings (SSSR count). The Balaban J connectivity index is 1.48. The van der Waals surface area contributed by atoms with Gasteiger partial charge in [0.15, 0.2) is 5.65 Å². The van der Waals surface area contributed by atoms with E-state index in [0.29, 0.717) is 28.8 Å². The Bertz CT molecular complexity index is 1420. The van der Waals surface area contributed by atoms with Crippen LogP contribution in [0.5, 0.6) is 0 Å². The quantitative estimate of drug-likeness (QED) is 0.345. The number of benzene rings is 2. The molecule has 0 bridgehead atoms. The standard InChI is InChI=1S/C28H27N5O2/c1-32(2)15-14-20-10-12-22(13-11-20)30-28(34)24-17-26(21-7-4-3-5-8-21)31-27-25(24)18-29-33(27)19-23-9-6-16-35-23/h3-13,16-18H,14-15,19H2,1-2H3,(H,30,34). The van der Waals surface area contributed by atoms with E-state index in [1.165, 1.54) is 5.56 Å². The van der Waals surface area contributed by atoms with Crippen LogP contribution in [0.1, 0.15) is 21.7 Å². The number of aromatic nitrogens is 3. The minimum atomic E-state index is -0.201. The van der Waals surface area contributed by atoms with Crippen molar-refractivity contribution >= 4 is 22.6 Å². The van der Waals surface area contributed by atoms with Crippen molar-refractivity contribution in [2.75, 3.05) is 26.0 Å². The molecule has 0 aliphatic heterocycles. The Morgan fingerprint density at radius 2 is 1.83 bits per heavy atom. The van der Waals surface area contributed by atoms with Crippen LogP contribution < -0.4 is 5.32 Å². The molecule has 1 amide bonds. The van der Waals surface area contributed by atoms with E-state index in [0.717, 1.165) is 30.0 Å². The summed E-state index contributed by atoms with van der Waals surface area (Å²) in [5.41, 5.74) is 4.78. The minimum absolute atomic E-state index is 0.201. The number of carbonyl (C=O) groups is 1. The number of rotatable bonds is 8. The van der Waals surface area contributed by atoms with Gasteiger partial charge in [-0.15, -0.1) is 0 Å². The highest BCUT2D eigenvalue weighted by Crippen LogP contribution is 2.26. The zero-order valence-electron chi connectivity index (χ0n) is 19.8. The minimum Gasteiger partial charge on any atom is -0.467 e. The number of hydrogen-bond donors (Lipinski definition) is 1. The van der Waals surface area contributed by atoms with E-state index in [9.17, 15) is 4.79 Å². The fourth-order valence-electron chi connectivity index (χ4n) is 3.96. The molecule has 0 radical (unpaired) electrons. The third kappa shape index (κ3) is 5.15. The van der Waals surface area contributed by atoms with Crippen molar-refractivity contribution in [3.8, 4) is 11.3 Å². The number of carbonyl (C=O) groups excluding carboxylic acids is 1. The van der Waals surface area contributed by atoms with Crippen molar-refractivity contribution in [1.82, 2.24) is 19.7 Å². The van der Waals surface area contributed by atoms with E-state index in [4.69, 9.17) is 9.40 Å². The number of anilines is 1. The highest BCUT2D eigenvalue weighted by atomic mass is 16.3. The molecule has 0 fully saturated rings. The number of likely N-dealkylation sites (N-methyl/N-ethyl adjacent to an activating group) is 1. The Labute approximate surface area is 204 Å². The van der Waals surface area contributed by atoms with Crippen molar-refractivity contribution in [1.29, 1.82) is 0 Å². The van der Waals surface area contributed by atoms with Gasteiger partial charge in [0, 0.05) is 17.8 Å². The summed E-state index contributed by atoms with van der Waals surface area (Å²) >= 11 is 0. The van der Waals surface area contributed by atoms with Crippen molar-refractivity contribution in [3.05, 3.63) is 102 Å². The van der Waals surface area contributed by atoms with Gasteiger partial charge in [0.05, 0.1) is 29.1 Å². The second kappa shape index (κ2) is 9.95. The molecule has 2 aromatic carbocycles. The molecule has 0 atom stereocenters. The second-order valence-electron chi connectivity index (χ2n) is 8.74. The topological polar surface area (TPSA) is 76.2 Å². The number of hydrogen-bond acceptors (Lipinski definition) is 5. The molecule has 5 aromatic rings. The molecule has 0 spiro atoms. The normalized spacial score (nSPS) is 11.3. The van der Waals surface area contributed by atoms with Gasteiger partial charge in [0.1, 0.15) is 12.3 Å². The summed E-state index contributed by atoms with van der Waals surface area (Å²) in [5.74, 6) is 0.565. The fraction of sp³-hybridized carbons (Fsp3) is 0.179. The number of furan rings is 1. The predicted octanol–water partition coefficient (Wildman–Crippen LogP) is 5.10. The summed E-state index contributed by atoms with van der Waals surface area (Å²) in [7, 11) is 4.12. The maximum absolute atomic E-state index is 13.4. The molecule has 3 heterocycles. The summed E-state index contributed by atoms with van der Waals surface area (Å²) in [6, 6.07) is 23.4. The zero-order valence-corrected chi connectivity index (χ0v) is 19.8. The lowest BCUT2D eigenvalue weighted by atomic mass is 10.1. The Kier molecular flexibility index (Phi) is 6.41. The molecule has 0 aliphatic rings. The highest BCUT2D eigenvalue weighted by molar-refractivity contribution is 6.12. The Morgan fingerprint density at radius 1 is 1.03 bits per heavy atom. The number of nitrogens with zero attached hydrogens (tertiary/aromatic N) is 4. The lowest BCUT2D eigenvalue weighted by Crippen LogP contribution is -2.15. The van der Waals surface area contributed by atoms with Crippen LogP contribution in [-0.4, -0.2) is 46.2 Å². The zero-order chi connectivity index (χ0) is 24.2. The first-order chi connectivity index (χ1) is 17.1. The van der Waals surface area contributed by atoms with Gasteiger partial charge in [-0.3, -0.25) is 4.79 Å². The van der Waals surface area contributed by atoms with Gasteiger partial charge in [-0.1, -0.05) is 42.5 Å². The average Bonchev–Trinajstić information content (AvgIpc) is 3.54. The van der Waals surface area contributed by atoms with Crippen molar-refractivity contribution < 1.29 is 9.21 Å². The first-order valence-corrected chi connectivity index (χ1v) is 11.6. The molecule has 7 heteroatoms. The van der Waals surface area contributed by atoms with Gasteiger partial charge in [0.25, 0.3) is 5.91 Å². The lowest BCUT2D eigenvalue weighted by Gasteiger charge is -2.11. The summed E-state index contributed by atoms with van der Waals surface area (Å²) in [6.07, 6.45) is 4.29. The number of fused-ring (bicyclic) bond motifs is 1. The second-order valence-corrected chi connectivity index (χ2v) is 8.74. The molecular formula is C28H27N5O2. The van der Waals surface area contributed by atoms with Crippen LogP contribution in [0.15, 0.2) is 89.7 Å². The van der Waals surface area contributed by atoms with Crippen LogP contribution >= 0.6 is 0 Å². The molecule has 0 saturated heterocycles. The number of amides is 1. The molecular weight excluding hydrogens is 438 g/mol. The molecule has 7 nitrogen and oxygen atoms in total. The van der Waals surface area contributed by atoms with Crippen molar-refractivity contribution in [2.45, 2.75) is 13.0 Å². The van der Waals surface area contributed by atoms with Crippen molar-refractivity contribution in [3.63, 3.8) is 0 Å². The maximum atomic E-state index is 13.4. The third-order valence-electron chi connectivity index (χ3n) is 5.87. The van der Waals surface area contributed by atoms with Crippen LogP contribution in [0.25, 0.3) is 22.3 Å². The fourth-order valence-corrected chi connectivity index (χ4v) is 3.96. The summed E-state index contributed by atoms with van der Waals surface area (Å²) in [5, 5.41) is 8.25. The highest BCUT2D eigenvalue weighted by Gasteiger charge is 2.18. The third-order valence-corrected chi connectivity index (χ3v) is 5.87. The first-order valence-electron chi connectivity index (χ1n) is 11.6. The van der Waals surface area contributed by atoms with Crippen LogP contribution in [0.4, 0.5) is 5.69 Å². The van der Waals surface area contributed by atoms with Crippen LogP contribution in [0.2, 0.25) is 0 Å². The smallest absolute Gasteiger partial charge is 0.256 e. The molecule has 0 saturated carbocycles. The van der Waals surface area contributed by atoms with E-state index in [-0.39, 0.29) is 5.91 Å². The SMILES string of the molecule is CN(C)CCc1ccc(NC(=O)c2cc(-c3ccccc3)nc3c2cnn3Cc2ccco2)cc1. The Morgan fingerprint density at radius 3 is 2.54 bits per heavy atom. The molecule has 0 aliphatic carbocycles. The van der Waals surface area contributed by atoms with Gasteiger partial charge in [0.2, 0.25) is 0 Å². The number of nitrogens with one attached hydrogen (secondary N) is 1. The van der Waals surface area contributed by atoms with Gasteiger partial charge in [-0.25, -0.2) is 9.67 Å². The summed E-state index contributed by atoms with van der Waals surface area (Å²) in [4.78, 5) is 20.4. The summed E-state index contributed by atoms with van der Waals surface area (Å²) < 4.78 is 7.26. The van der Waals surface area contributed by atoms with Crippen LogP contribution in [-0.2, 0) is 13.0 Å². The molecule has 0 unspecified atom stereocenters. The first kappa shape index (κ1) is 22.6. The monoisotopic (exact) mass is 465 g/mol. The predicted molar refractivity (Wildman–Crippen MR) is 137 cm³/mol. The van der Waals surface area contributed by atoms with Gasteiger partial charge >= 0.3 is 0 Å². The molecule has 176 valence electrons. The van der Waals surface area contributed by atoms with E-state index in [2.05, 4.69) is 41.5 Å². The van der Waals surface area contributed by atoms with E-state index < -0.39 is 0 Å². The molecule has 1 N–H and O–H groups in total. The van der Waals surface area contributed by atoms with E-state index >= 15 is 0 Å². The van der Waals surface area contributed by atoms with Crippen LogP contribution in [0.3, 0.4) is 0 Å². The Hall–Kier alpha value is -4.23. The largest absolute Gasteiger partial charge is 0.467 e. The van der Waals surface area contributed by atoms with Gasteiger partial charge < -0.3 is 14.6 Å².